The van der Waals surface area contributed by atoms with E-state index in [9.17, 15) is 4.79 Å². The van der Waals surface area contributed by atoms with Gasteiger partial charge in [0.15, 0.2) is 0 Å². The van der Waals surface area contributed by atoms with Crippen LogP contribution in [0.3, 0.4) is 0 Å². The number of anilines is 1. The second-order valence-corrected chi connectivity index (χ2v) is 7.31. The molecule has 1 fully saturated rings. The summed E-state index contributed by atoms with van der Waals surface area (Å²) in [6.07, 6.45) is 2.07. The fraction of sp³-hybridized carbons (Fsp3) is 0.471. The molecule has 126 valence electrons. The van der Waals surface area contributed by atoms with E-state index < -0.39 is 0 Å². The predicted molar refractivity (Wildman–Crippen MR) is 94.2 cm³/mol. The number of piperidine rings is 1. The van der Waals surface area contributed by atoms with Crippen LogP contribution >= 0.6 is 11.3 Å². The lowest BCUT2D eigenvalue weighted by atomic mass is 10.0. The molecule has 2 aromatic rings. The molecular formula is C17H21N5OS. The maximum atomic E-state index is 12.6. The molecule has 0 aliphatic carbocycles. The number of likely N-dealkylation sites (tertiary alicyclic amines) is 1. The van der Waals surface area contributed by atoms with E-state index in [2.05, 4.69) is 20.6 Å². The Kier molecular flexibility index (Phi) is 4.20. The van der Waals surface area contributed by atoms with Gasteiger partial charge in [-0.15, -0.1) is 11.3 Å². The summed E-state index contributed by atoms with van der Waals surface area (Å²) in [6.45, 7) is 5.10. The van der Waals surface area contributed by atoms with E-state index >= 15 is 0 Å². The first-order valence-corrected chi connectivity index (χ1v) is 9.25. The number of carbonyl (C=O) groups excluding carboxylic acids is 1. The van der Waals surface area contributed by atoms with Crippen molar-refractivity contribution in [3.63, 3.8) is 0 Å². The summed E-state index contributed by atoms with van der Waals surface area (Å²) in [5.74, 6) is 1.86. The van der Waals surface area contributed by atoms with Crippen LogP contribution in [0.4, 0.5) is 5.82 Å². The number of carbonyl (C=O) groups is 1. The van der Waals surface area contributed by atoms with Crippen LogP contribution in [0.15, 0.2) is 17.5 Å². The number of rotatable bonds is 3. The second kappa shape index (κ2) is 6.49. The van der Waals surface area contributed by atoms with E-state index in [-0.39, 0.29) is 11.9 Å². The molecule has 2 aliphatic rings. The molecule has 24 heavy (non-hydrogen) atoms. The van der Waals surface area contributed by atoms with Gasteiger partial charge in [-0.05, 0) is 31.2 Å². The molecule has 2 aliphatic heterocycles. The number of nitrogens with one attached hydrogen (secondary N) is 2. The zero-order chi connectivity index (χ0) is 16.5. The van der Waals surface area contributed by atoms with Gasteiger partial charge in [0.05, 0.1) is 10.6 Å². The Hall–Kier alpha value is -1.99. The highest BCUT2D eigenvalue weighted by Gasteiger charge is 2.27. The molecule has 7 heteroatoms. The average molecular weight is 343 g/mol. The van der Waals surface area contributed by atoms with E-state index in [1.54, 1.807) is 0 Å². The van der Waals surface area contributed by atoms with Crippen molar-refractivity contribution in [3.05, 3.63) is 39.5 Å². The molecule has 1 unspecified atom stereocenters. The Morgan fingerprint density at radius 1 is 1.42 bits per heavy atom. The highest BCUT2D eigenvalue weighted by atomic mass is 32.1. The molecule has 2 N–H and O–H groups in total. The van der Waals surface area contributed by atoms with E-state index in [0.717, 1.165) is 61.2 Å². The summed E-state index contributed by atoms with van der Waals surface area (Å²) < 4.78 is 0. The summed E-state index contributed by atoms with van der Waals surface area (Å²) >= 11 is 1.51. The van der Waals surface area contributed by atoms with Gasteiger partial charge in [-0.25, -0.2) is 9.97 Å². The van der Waals surface area contributed by atoms with E-state index in [1.807, 2.05) is 29.3 Å². The normalized spacial score (nSPS) is 20.0. The monoisotopic (exact) mass is 343 g/mol. The van der Waals surface area contributed by atoms with E-state index in [1.165, 1.54) is 16.9 Å². The van der Waals surface area contributed by atoms with Crippen molar-refractivity contribution < 1.29 is 4.79 Å². The fourth-order valence-electron chi connectivity index (χ4n) is 3.44. The maximum Gasteiger partial charge on any atom is 0.263 e. The van der Waals surface area contributed by atoms with Crippen LogP contribution in [0, 0.1) is 6.92 Å². The van der Waals surface area contributed by atoms with Crippen molar-refractivity contribution >= 4 is 23.1 Å². The standard InChI is InChI=1S/C17H21N5OS/c1-11-19-14-9-18-8-13(14)16(20-11)21-12-4-2-6-22(10-12)17(23)15-5-3-7-24-15/h3,5,7,12,18H,2,4,6,8-10H2,1H3,(H,19,20,21). The van der Waals surface area contributed by atoms with Crippen molar-refractivity contribution in [2.24, 2.45) is 0 Å². The van der Waals surface area contributed by atoms with Crippen LogP contribution in [0.1, 0.15) is 39.6 Å². The number of aromatic nitrogens is 2. The molecule has 2 aromatic heterocycles. The van der Waals surface area contributed by atoms with Gasteiger partial charge in [-0.3, -0.25) is 4.79 Å². The number of fused-ring (bicyclic) bond motifs is 1. The number of amides is 1. The van der Waals surface area contributed by atoms with Crippen molar-refractivity contribution in [2.75, 3.05) is 18.4 Å². The fourth-order valence-corrected chi connectivity index (χ4v) is 4.13. The third-order valence-electron chi connectivity index (χ3n) is 4.58. The Morgan fingerprint density at radius 3 is 3.17 bits per heavy atom. The first-order chi connectivity index (χ1) is 11.7. The summed E-state index contributed by atoms with van der Waals surface area (Å²) in [5, 5.41) is 8.85. The minimum Gasteiger partial charge on any atom is -0.365 e. The van der Waals surface area contributed by atoms with Crippen molar-refractivity contribution in [1.29, 1.82) is 0 Å². The second-order valence-electron chi connectivity index (χ2n) is 6.36. The lowest BCUT2D eigenvalue weighted by Gasteiger charge is -2.33. The molecule has 0 bridgehead atoms. The predicted octanol–water partition coefficient (Wildman–Crippen LogP) is 2.17. The van der Waals surface area contributed by atoms with Gasteiger partial charge in [-0.2, -0.15) is 0 Å². The number of aryl methyl sites for hydroxylation is 1. The molecule has 0 spiro atoms. The largest absolute Gasteiger partial charge is 0.365 e. The van der Waals surface area contributed by atoms with Gasteiger partial charge in [0, 0.05) is 37.8 Å². The Balaban J connectivity index is 1.49. The molecule has 6 nitrogen and oxygen atoms in total. The first kappa shape index (κ1) is 15.5. The SMILES string of the molecule is Cc1nc2c(c(NC3CCCN(C(=O)c4cccs4)C3)n1)CNC2. The summed E-state index contributed by atoms with van der Waals surface area (Å²) in [6, 6.07) is 4.06. The molecule has 1 saturated heterocycles. The third-order valence-corrected chi connectivity index (χ3v) is 5.44. The molecule has 1 amide bonds. The number of hydrogen-bond donors (Lipinski definition) is 2. The highest BCUT2D eigenvalue weighted by Crippen LogP contribution is 2.24. The van der Waals surface area contributed by atoms with Gasteiger partial charge in [0.25, 0.3) is 5.91 Å². The van der Waals surface area contributed by atoms with Crippen molar-refractivity contribution in [2.45, 2.75) is 38.9 Å². The third kappa shape index (κ3) is 3.01. The zero-order valence-corrected chi connectivity index (χ0v) is 14.5. The number of thiophene rings is 1. The summed E-state index contributed by atoms with van der Waals surface area (Å²) in [7, 11) is 0. The number of nitrogens with zero attached hydrogens (tertiary/aromatic N) is 3. The van der Waals surface area contributed by atoms with Gasteiger partial charge < -0.3 is 15.5 Å². The van der Waals surface area contributed by atoms with Crippen LogP contribution in [-0.2, 0) is 13.1 Å². The molecule has 4 rings (SSSR count). The Morgan fingerprint density at radius 2 is 2.33 bits per heavy atom. The minimum absolute atomic E-state index is 0.141. The summed E-state index contributed by atoms with van der Waals surface area (Å²) in [5.41, 5.74) is 2.26. The highest BCUT2D eigenvalue weighted by molar-refractivity contribution is 7.12. The molecule has 1 atom stereocenters. The quantitative estimate of drug-likeness (QED) is 0.894. The minimum atomic E-state index is 0.141. The van der Waals surface area contributed by atoms with Crippen molar-refractivity contribution in [3.8, 4) is 0 Å². The molecular weight excluding hydrogens is 322 g/mol. The van der Waals surface area contributed by atoms with Gasteiger partial charge in [0.1, 0.15) is 11.6 Å². The van der Waals surface area contributed by atoms with Crippen LogP contribution < -0.4 is 10.6 Å². The van der Waals surface area contributed by atoms with Gasteiger partial charge in [0.2, 0.25) is 0 Å². The van der Waals surface area contributed by atoms with Gasteiger partial charge in [-0.1, -0.05) is 6.07 Å². The average Bonchev–Trinajstić information content (AvgIpc) is 3.25. The van der Waals surface area contributed by atoms with Crippen LogP contribution in [-0.4, -0.2) is 39.9 Å². The number of hydrogen-bond acceptors (Lipinski definition) is 6. The molecule has 4 heterocycles. The Labute approximate surface area is 145 Å². The molecule has 0 saturated carbocycles. The smallest absolute Gasteiger partial charge is 0.263 e. The Bertz CT molecular complexity index is 746. The lowest BCUT2D eigenvalue weighted by molar-refractivity contribution is 0.0719. The van der Waals surface area contributed by atoms with Crippen LogP contribution in [0.2, 0.25) is 0 Å². The molecule has 0 aromatic carbocycles. The van der Waals surface area contributed by atoms with Crippen LogP contribution in [0.5, 0.6) is 0 Å². The zero-order valence-electron chi connectivity index (χ0n) is 13.7. The van der Waals surface area contributed by atoms with E-state index in [0.29, 0.717) is 0 Å². The topological polar surface area (TPSA) is 70.2 Å². The van der Waals surface area contributed by atoms with E-state index in [4.69, 9.17) is 0 Å². The first-order valence-electron chi connectivity index (χ1n) is 8.37. The van der Waals surface area contributed by atoms with Crippen LogP contribution in [0.25, 0.3) is 0 Å². The van der Waals surface area contributed by atoms with Crippen molar-refractivity contribution in [1.82, 2.24) is 20.2 Å². The lowest BCUT2D eigenvalue weighted by Crippen LogP contribution is -2.45. The maximum absolute atomic E-state index is 12.6. The molecule has 0 radical (unpaired) electrons. The summed E-state index contributed by atoms with van der Waals surface area (Å²) in [4.78, 5) is 24.5. The van der Waals surface area contributed by atoms with Gasteiger partial charge >= 0.3 is 0 Å².